The standard InChI is InChI=1S/C11H8/c1-9-5-4-7-10-6-2-3-8-11(9)10/h2-3,6-8H,1H3. The zero-order valence-corrected chi connectivity index (χ0v) is 6.39. The van der Waals surface area contributed by atoms with Crippen LogP contribution in [0.5, 0.6) is 0 Å². The van der Waals surface area contributed by atoms with Crippen molar-refractivity contribution in [1.82, 2.24) is 0 Å². The molecule has 0 heteroatoms. The Morgan fingerprint density at radius 2 is 2.00 bits per heavy atom. The van der Waals surface area contributed by atoms with Crippen molar-refractivity contribution >= 4 is 10.8 Å². The molecule has 0 aromatic heterocycles. The van der Waals surface area contributed by atoms with Crippen molar-refractivity contribution in [1.29, 1.82) is 0 Å². The maximum Gasteiger partial charge on any atom is 0.00714 e. The summed E-state index contributed by atoms with van der Waals surface area (Å²) in [6.45, 7) is 2.05. The average Bonchev–Trinajstić information content (AvgIpc) is 2.06. The molecule has 2 aromatic rings. The first-order chi connectivity index (χ1) is 5.38. The van der Waals surface area contributed by atoms with Gasteiger partial charge in [0.2, 0.25) is 0 Å². The van der Waals surface area contributed by atoms with Crippen molar-refractivity contribution in [2.45, 2.75) is 6.92 Å². The molecule has 0 bridgehead atoms. The van der Waals surface area contributed by atoms with Crippen LogP contribution in [-0.4, -0.2) is 0 Å². The smallest absolute Gasteiger partial charge is 0.00714 e. The van der Waals surface area contributed by atoms with Crippen LogP contribution in [0.4, 0.5) is 0 Å². The Morgan fingerprint density at radius 1 is 1.18 bits per heavy atom. The van der Waals surface area contributed by atoms with Crippen molar-refractivity contribution in [2.75, 3.05) is 0 Å². The van der Waals surface area contributed by atoms with Gasteiger partial charge in [-0.2, -0.15) is 0 Å². The summed E-state index contributed by atoms with van der Waals surface area (Å²) < 4.78 is 0. The molecule has 0 fully saturated rings. The summed E-state index contributed by atoms with van der Waals surface area (Å²) in [5.74, 6) is 0. The van der Waals surface area contributed by atoms with E-state index < -0.39 is 0 Å². The van der Waals surface area contributed by atoms with Crippen LogP contribution in [0.2, 0.25) is 0 Å². The van der Waals surface area contributed by atoms with E-state index in [4.69, 9.17) is 0 Å². The Bertz CT molecular complexity index is 369. The largest absolute Gasteiger partial charge is 0.0693 e. The van der Waals surface area contributed by atoms with Crippen LogP contribution < -0.4 is 0 Å². The first kappa shape index (κ1) is 6.24. The molecule has 0 radical (unpaired) electrons. The predicted molar refractivity (Wildman–Crippen MR) is 46.4 cm³/mol. The number of hydrogen-bond acceptors (Lipinski definition) is 0. The predicted octanol–water partition coefficient (Wildman–Crippen LogP) is 2.75. The third-order valence-electron chi connectivity index (χ3n) is 1.85. The Hall–Kier alpha value is -1.48. The molecule has 0 unspecified atom stereocenters. The summed E-state index contributed by atoms with van der Waals surface area (Å²) in [6.07, 6.45) is 0. The minimum Gasteiger partial charge on any atom is -0.0693 e. The van der Waals surface area contributed by atoms with Crippen LogP contribution in [-0.2, 0) is 0 Å². The molecule has 0 amide bonds. The number of hydrogen-bond donors (Lipinski definition) is 0. The van der Waals surface area contributed by atoms with Crippen LogP contribution in [0, 0.1) is 19.1 Å². The minimum atomic E-state index is 1.17. The molecule has 11 heavy (non-hydrogen) atoms. The van der Waals surface area contributed by atoms with E-state index in [1.54, 1.807) is 0 Å². The molecule has 0 saturated heterocycles. The van der Waals surface area contributed by atoms with Gasteiger partial charge in [-0.15, -0.1) is 0 Å². The number of rotatable bonds is 0. The van der Waals surface area contributed by atoms with Crippen molar-refractivity contribution in [3.05, 3.63) is 48.0 Å². The second-order valence-electron chi connectivity index (χ2n) is 2.63. The lowest BCUT2D eigenvalue weighted by Crippen LogP contribution is -1.73. The molecule has 2 rings (SSSR count). The Balaban J connectivity index is 2.91. The lowest BCUT2D eigenvalue weighted by molar-refractivity contribution is 1.55. The number of aryl methyl sites for hydroxylation is 1. The normalized spacial score (nSPS) is 9.55. The molecule has 0 spiro atoms. The molecule has 0 aliphatic heterocycles. The molecule has 0 aliphatic carbocycles. The molecule has 0 aliphatic rings. The maximum absolute atomic E-state index is 3.05. The monoisotopic (exact) mass is 140 g/mol. The van der Waals surface area contributed by atoms with Gasteiger partial charge in [0.1, 0.15) is 0 Å². The molecule has 0 heterocycles. The Morgan fingerprint density at radius 3 is 2.82 bits per heavy atom. The van der Waals surface area contributed by atoms with Gasteiger partial charge in [-0.25, -0.2) is 0 Å². The second-order valence-corrected chi connectivity index (χ2v) is 2.63. The molecule has 52 valence electrons. The Kier molecular flexibility index (Phi) is 1.30. The maximum atomic E-state index is 3.05. The van der Waals surface area contributed by atoms with Gasteiger partial charge < -0.3 is 0 Å². The van der Waals surface area contributed by atoms with E-state index in [-0.39, 0.29) is 0 Å². The van der Waals surface area contributed by atoms with Crippen molar-refractivity contribution in [3.63, 3.8) is 0 Å². The van der Waals surface area contributed by atoms with Crippen molar-refractivity contribution in [2.24, 2.45) is 0 Å². The van der Waals surface area contributed by atoms with Crippen LogP contribution in [0.3, 0.4) is 0 Å². The van der Waals surface area contributed by atoms with Gasteiger partial charge in [0.15, 0.2) is 0 Å². The summed E-state index contributed by atoms with van der Waals surface area (Å²) in [5.41, 5.74) is 1.17. The fraction of sp³-hybridized carbons (Fsp3) is 0.0909. The van der Waals surface area contributed by atoms with E-state index in [0.717, 1.165) is 0 Å². The van der Waals surface area contributed by atoms with Crippen LogP contribution in [0.25, 0.3) is 10.8 Å². The van der Waals surface area contributed by atoms with Gasteiger partial charge in [0.05, 0.1) is 0 Å². The van der Waals surface area contributed by atoms with Gasteiger partial charge in [-0.05, 0) is 23.8 Å². The lowest BCUT2D eigenvalue weighted by atomic mass is 10.1. The summed E-state index contributed by atoms with van der Waals surface area (Å²) in [7, 11) is 0. The van der Waals surface area contributed by atoms with E-state index in [9.17, 15) is 0 Å². The van der Waals surface area contributed by atoms with E-state index in [0.29, 0.717) is 0 Å². The van der Waals surface area contributed by atoms with Gasteiger partial charge in [-0.3, -0.25) is 0 Å². The van der Waals surface area contributed by atoms with Crippen LogP contribution >= 0.6 is 0 Å². The number of fused-ring (bicyclic) bond motifs is 1. The van der Waals surface area contributed by atoms with E-state index in [1.807, 2.05) is 18.2 Å². The van der Waals surface area contributed by atoms with E-state index in [2.05, 4.69) is 31.2 Å². The van der Waals surface area contributed by atoms with Gasteiger partial charge in [0, 0.05) is 5.56 Å². The topological polar surface area (TPSA) is 0 Å². The molecular weight excluding hydrogens is 132 g/mol. The van der Waals surface area contributed by atoms with Crippen LogP contribution in [0.1, 0.15) is 5.56 Å². The fourth-order valence-electron chi connectivity index (χ4n) is 1.25. The van der Waals surface area contributed by atoms with Crippen molar-refractivity contribution < 1.29 is 0 Å². The van der Waals surface area contributed by atoms with E-state index in [1.165, 1.54) is 16.3 Å². The van der Waals surface area contributed by atoms with Crippen molar-refractivity contribution in [3.8, 4) is 0 Å². The average molecular weight is 140 g/mol. The summed E-state index contributed by atoms with van der Waals surface area (Å²) in [6, 6.07) is 16.3. The highest BCUT2D eigenvalue weighted by Gasteiger charge is 1.91. The van der Waals surface area contributed by atoms with Gasteiger partial charge >= 0.3 is 0 Å². The third kappa shape index (κ3) is 0.951. The SMILES string of the molecule is Cc1c#ccc2ccccc12. The highest BCUT2D eigenvalue weighted by Crippen LogP contribution is 2.14. The minimum absolute atomic E-state index is 1.17. The zero-order chi connectivity index (χ0) is 7.68. The molecule has 0 saturated carbocycles. The van der Waals surface area contributed by atoms with Crippen LogP contribution in [0.15, 0.2) is 30.3 Å². The van der Waals surface area contributed by atoms with E-state index >= 15 is 0 Å². The van der Waals surface area contributed by atoms with Gasteiger partial charge in [0.25, 0.3) is 0 Å². The second kappa shape index (κ2) is 2.29. The highest BCUT2D eigenvalue weighted by molar-refractivity contribution is 5.84. The third-order valence-corrected chi connectivity index (χ3v) is 1.85. The first-order valence-electron chi connectivity index (χ1n) is 3.65. The quantitative estimate of drug-likeness (QED) is 0.527. The Labute approximate surface area is 66.5 Å². The molecule has 0 atom stereocenters. The summed E-state index contributed by atoms with van der Waals surface area (Å²) in [4.78, 5) is 0. The molecule has 2 aromatic carbocycles. The fourth-order valence-corrected chi connectivity index (χ4v) is 1.25. The molecule has 0 N–H and O–H groups in total. The lowest BCUT2D eigenvalue weighted by Gasteiger charge is -1.95. The first-order valence-corrected chi connectivity index (χ1v) is 3.65. The molecule has 0 nitrogen and oxygen atoms in total. The molecular formula is C11H8. The summed E-state index contributed by atoms with van der Waals surface area (Å²) in [5, 5.41) is 2.51. The summed E-state index contributed by atoms with van der Waals surface area (Å²) >= 11 is 0. The highest BCUT2D eigenvalue weighted by atomic mass is 13.9. The van der Waals surface area contributed by atoms with Gasteiger partial charge in [-0.1, -0.05) is 36.4 Å². The number of benzene rings is 1. The zero-order valence-electron chi connectivity index (χ0n) is 6.39.